The lowest BCUT2D eigenvalue weighted by Gasteiger charge is -2.14. The van der Waals surface area contributed by atoms with Crippen LogP contribution in [0.2, 0.25) is 0 Å². The summed E-state index contributed by atoms with van der Waals surface area (Å²) in [6, 6.07) is 0. The third-order valence-electron chi connectivity index (χ3n) is 3.06. The van der Waals surface area contributed by atoms with Gasteiger partial charge in [-0.15, -0.1) is 0 Å². The van der Waals surface area contributed by atoms with Crippen LogP contribution in [-0.4, -0.2) is 25.8 Å². The van der Waals surface area contributed by atoms with Gasteiger partial charge in [0, 0.05) is 13.2 Å². The third kappa shape index (κ3) is 2.20. The Bertz CT molecular complexity index is 110. The van der Waals surface area contributed by atoms with Gasteiger partial charge in [0.1, 0.15) is 0 Å². The van der Waals surface area contributed by atoms with Gasteiger partial charge in [-0.2, -0.15) is 0 Å². The molecule has 0 unspecified atom stereocenters. The predicted octanol–water partition coefficient (Wildman–Crippen LogP) is 1.56. The summed E-state index contributed by atoms with van der Waals surface area (Å²) in [5.74, 6) is 0.880. The number of nitrogens with one attached hydrogen (secondary N) is 1. The fourth-order valence-electron chi connectivity index (χ4n) is 2.22. The number of hydrogen-bond donors (Lipinski definition) is 1. The molecular weight excluding hydrogens is 150 g/mol. The molecule has 2 heteroatoms. The number of ether oxygens (including phenoxy) is 1. The summed E-state index contributed by atoms with van der Waals surface area (Å²) < 4.78 is 5.82. The van der Waals surface area contributed by atoms with Gasteiger partial charge in [-0.05, 0) is 31.7 Å². The molecule has 1 saturated carbocycles. The second-order valence-electron chi connectivity index (χ2n) is 4.10. The van der Waals surface area contributed by atoms with Gasteiger partial charge in [0.2, 0.25) is 0 Å². The van der Waals surface area contributed by atoms with Crippen molar-refractivity contribution in [1.29, 1.82) is 0 Å². The molecule has 1 N–H and O–H groups in total. The van der Waals surface area contributed by atoms with E-state index in [1.807, 2.05) is 0 Å². The molecule has 0 aromatic rings. The fourth-order valence-corrected chi connectivity index (χ4v) is 2.22. The lowest BCUT2D eigenvalue weighted by Crippen LogP contribution is -2.19. The van der Waals surface area contributed by atoms with Gasteiger partial charge in [0.25, 0.3) is 0 Å². The Morgan fingerprint density at radius 1 is 1.17 bits per heavy atom. The topological polar surface area (TPSA) is 21.3 Å². The molecule has 1 aliphatic carbocycles. The van der Waals surface area contributed by atoms with Crippen LogP contribution in [0.5, 0.6) is 0 Å². The van der Waals surface area contributed by atoms with Crippen molar-refractivity contribution < 1.29 is 4.74 Å². The van der Waals surface area contributed by atoms with Crippen molar-refractivity contribution in [2.75, 3.05) is 19.7 Å². The summed E-state index contributed by atoms with van der Waals surface area (Å²) in [4.78, 5) is 0. The Kier molecular flexibility index (Phi) is 3.01. The third-order valence-corrected chi connectivity index (χ3v) is 3.06. The standard InChI is InChI=1S/C10H19NO/c1-2-4-9(3-1)8-12-10-5-6-11-7-10/h9-11H,1-8H2/t10-/m0/s1. The van der Waals surface area contributed by atoms with Crippen molar-refractivity contribution >= 4 is 0 Å². The van der Waals surface area contributed by atoms with Gasteiger partial charge in [0.05, 0.1) is 6.10 Å². The van der Waals surface area contributed by atoms with Gasteiger partial charge in [-0.25, -0.2) is 0 Å². The Hall–Kier alpha value is -0.0800. The molecule has 0 radical (unpaired) electrons. The maximum absolute atomic E-state index is 5.82. The van der Waals surface area contributed by atoms with Crippen LogP contribution in [-0.2, 0) is 4.74 Å². The molecule has 0 aromatic carbocycles. The molecule has 2 rings (SSSR count). The first-order chi connectivity index (χ1) is 5.95. The van der Waals surface area contributed by atoms with Crippen molar-refractivity contribution in [2.24, 2.45) is 5.92 Å². The van der Waals surface area contributed by atoms with Crippen molar-refractivity contribution in [2.45, 2.75) is 38.2 Å². The van der Waals surface area contributed by atoms with Crippen molar-refractivity contribution in [3.8, 4) is 0 Å². The highest BCUT2D eigenvalue weighted by Gasteiger charge is 2.19. The molecule has 0 bridgehead atoms. The Balaban J connectivity index is 1.60. The average Bonchev–Trinajstić information content (AvgIpc) is 2.74. The minimum Gasteiger partial charge on any atom is -0.377 e. The molecule has 0 aromatic heterocycles. The molecule has 12 heavy (non-hydrogen) atoms. The maximum atomic E-state index is 5.82. The van der Waals surface area contributed by atoms with E-state index in [1.165, 1.54) is 32.1 Å². The molecule has 70 valence electrons. The highest BCUT2D eigenvalue weighted by Crippen LogP contribution is 2.25. The van der Waals surface area contributed by atoms with Crippen LogP contribution in [0.4, 0.5) is 0 Å². The van der Waals surface area contributed by atoms with Crippen LogP contribution in [0.1, 0.15) is 32.1 Å². The van der Waals surface area contributed by atoms with Crippen LogP contribution < -0.4 is 5.32 Å². The summed E-state index contributed by atoms with van der Waals surface area (Å²) in [6.07, 6.45) is 7.39. The zero-order chi connectivity index (χ0) is 8.23. The Morgan fingerprint density at radius 3 is 2.67 bits per heavy atom. The average molecular weight is 169 g/mol. The van der Waals surface area contributed by atoms with Gasteiger partial charge in [0.15, 0.2) is 0 Å². The van der Waals surface area contributed by atoms with Gasteiger partial charge in [-0.3, -0.25) is 0 Å². The van der Waals surface area contributed by atoms with Gasteiger partial charge in [-0.1, -0.05) is 12.8 Å². The van der Waals surface area contributed by atoms with E-state index in [4.69, 9.17) is 4.74 Å². The van der Waals surface area contributed by atoms with E-state index in [1.54, 1.807) is 0 Å². The highest BCUT2D eigenvalue weighted by molar-refractivity contribution is 4.73. The second-order valence-corrected chi connectivity index (χ2v) is 4.10. The van der Waals surface area contributed by atoms with E-state index in [9.17, 15) is 0 Å². The quantitative estimate of drug-likeness (QED) is 0.692. The van der Waals surface area contributed by atoms with E-state index < -0.39 is 0 Å². The first-order valence-corrected chi connectivity index (χ1v) is 5.27. The Morgan fingerprint density at radius 2 is 2.00 bits per heavy atom. The molecule has 2 fully saturated rings. The molecule has 0 amide bonds. The van der Waals surface area contributed by atoms with E-state index in [0.29, 0.717) is 6.10 Å². The fraction of sp³-hybridized carbons (Fsp3) is 1.00. The normalized spacial score (nSPS) is 31.5. The summed E-state index contributed by atoms with van der Waals surface area (Å²) in [7, 11) is 0. The van der Waals surface area contributed by atoms with Crippen LogP contribution >= 0.6 is 0 Å². The van der Waals surface area contributed by atoms with E-state index in [-0.39, 0.29) is 0 Å². The summed E-state index contributed by atoms with van der Waals surface area (Å²) in [6.45, 7) is 3.24. The molecule has 1 aliphatic heterocycles. The summed E-state index contributed by atoms with van der Waals surface area (Å²) in [5.41, 5.74) is 0. The zero-order valence-electron chi connectivity index (χ0n) is 7.72. The van der Waals surface area contributed by atoms with Crippen LogP contribution in [0.15, 0.2) is 0 Å². The SMILES string of the molecule is C1CCC(CO[C@H]2CCNC2)C1. The van der Waals surface area contributed by atoms with Crippen molar-refractivity contribution in [1.82, 2.24) is 5.32 Å². The van der Waals surface area contributed by atoms with Gasteiger partial charge < -0.3 is 10.1 Å². The second kappa shape index (κ2) is 4.24. The van der Waals surface area contributed by atoms with Crippen LogP contribution in [0, 0.1) is 5.92 Å². The minimum absolute atomic E-state index is 0.519. The number of rotatable bonds is 3. The monoisotopic (exact) mass is 169 g/mol. The lowest BCUT2D eigenvalue weighted by atomic mass is 10.1. The molecule has 0 spiro atoms. The Labute approximate surface area is 74.7 Å². The van der Waals surface area contributed by atoms with E-state index in [0.717, 1.165) is 25.6 Å². The van der Waals surface area contributed by atoms with Crippen LogP contribution in [0.25, 0.3) is 0 Å². The first-order valence-electron chi connectivity index (χ1n) is 5.27. The molecular formula is C10H19NO. The zero-order valence-corrected chi connectivity index (χ0v) is 7.72. The van der Waals surface area contributed by atoms with Crippen LogP contribution in [0.3, 0.4) is 0 Å². The molecule has 1 saturated heterocycles. The van der Waals surface area contributed by atoms with Gasteiger partial charge >= 0.3 is 0 Å². The molecule has 1 atom stereocenters. The number of hydrogen-bond acceptors (Lipinski definition) is 2. The summed E-state index contributed by atoms with van der Waals surface area (Å²) in [5, 5.41) is 3.32. The van der Waals surface area contributed by atoms with E-state index >= 15 is 0 Å². The molecule has 2 nitrogen and oxygen atoms in total. The van der Waals surface area contributed by atoms with E-state index in [2.05, 4.69) is 5.32 Å². The largest absolute Gasteiger partial charge is 0.377 e. The smallest absolute Gasteiger partial charge is 0.0711 e. The summed E-state index contributed by atoms with van der Waals surface area (Å²) >= 11 is 0. The highest BCUT2D eigenvalue weighted by atomic mass is 16.5. The molecule has 1 heterocycles. The lowest BCUT2D eigenvalue weighted by molar-refractivity contribution is 0.0425. The predicted molar refractivity (Wildman–Crippen MR) is 49.2 cm³/mol. The minimum atomic E-state index is 0.519. The van der Waals surface area contributed by atoms with Crippen molar-refractivity contribution in [3.63, 3.8) is 0 Å². The molecule has 2 aliphatic rings. The maximum Gasteiger partial charge on any atom is 0.0711 e. The first kappa shape index (κ1) is 8.52. The van der Waals surface area contributed by atoms with Crippen molar-refractivity contribution in [3.05, 3.63) is 0 Å².